The van der Waals surface area contributed by atoms with Crippen LogP contribution in [0.3, 0.4) is 0 Å². The molecule has 222 valence electrons. The molecule has 2 aliphatic heterocycles. The third-order valence-corrected chi connectivity index (χ3v) is 7.77. The number of unbranched alkanes of at least 4 members (excludes halogenated alkanes) is 3. The van der Waals surface area contributed by atoms with Crippen molar-refractivity contribution in [2.75, 3.05) is 44.7 Å². The lowest BCUT2D eigenvalue weighted by Crippen LogP contribution is -2.48. The summed E-state index contributed by atoms with van der Waals surface area (Å²) in [7, 11) is 1.58. The Morgan fingerprint density at radius 3 is 2.24 bits per heavy atom. The highest BCUT2D eigenvalue weighted by atomic mass is 19.4. The fraction of sp³-hybridized carbons (Fsp3) is 0.419. The molecule has 1 fully saturated rings. The standard InChI is InChI=1S/C31H33F3N4O4/c1-21-26(30(41)38(28(21)39)24-11-8-23(20-35)27(19-24)31(32,33)34)7-5-3-4-6-14-36-15-17-37(18-16-36)29(40)22-9-12-25(42-2)13-10-22/h8-13,19H,3-7,14-18H2,1-2H3. The van der Waals surface area contributed by atoms with Crippen molar-refractivity contribution in [2.45, 2.75) is 45.2 Å². The number of nitriles is 1. The molecular weight excluding hydrogens is 549 g/mol. The Morgan fingerprint density at radius 1 is 0.952 bits per heavy atom. The molecule has 0 aliphatic carbocycles. The van der Waals surface area contributed by atoms with Crippen LogP contribution >= 0.6 is 0 Å². The second-order valence-corrected chi connectivity index (χ2v) is 10.4. The molecule has 2 heterocycles. The number of alkyl halides is 3. The van der Waals surface area contributed by atoms with Crippen molar-refractivity contribution in [1.82, 2.24) is 9.80 Å². The molecule has 3 amide bonds. The normalized spacial score (nSPS) is 16.3. The molecule has 2 aromatic carbocycles. The molecular formula is C31H33F3N4O4. The first-order chi connectivity index (χ1) is 20.0. The summed E-state index contributed by atoms with van der Waals surface area (Å²) in [5, 5.41) is 9.02. The van der Waals surface area contributed by atoms with Crippen molar-refractivity contribution in [3.63, 3.8) is 0 Å². The van der Waals surface area contributed by atoms with Gasteiger partial charge in [0.05, 0.1) is 30.0 Å². The van der Waals surface area contributed by atoms with E-state index in [1.165, 1.54) is 19.1 Å². The molecule has 0 unspecified atom stereocenters. The lowest BCUT2D eigenvalue weighted by atomic mass is 10.0. The van der Waals surface area contributed by atoms with Crippen LogP contribution in [0.25, 0.3) is 0 Å². The van der Waals surface area contributed by atoms with Gasteiger partial charge < -0.3 is 9.64 Å². The van der Waals surface area contributed by atoms with Crippen LogP contribution in [0, 0.1) is 11.3 Å². The average Bonchev–Trinajstić information content (AvgIpc) is 3.20. The summed E-state index contributed by atoms with van der Waals surface area (Å²) in [6, 6.07) is 11.4. The van der Waals surface area contributed by atoms with E-state index in [1.54, 1.807) is 31.4 Å². The average molecular weight is 583 g/mol. The van der Waals surface area contributed by atoms with E-state index in [0.717, 1.165) is 49.9 Å². The fourth-order valence-electron chi connectivity index (χ4n) is 5.30. The number of carbonyl (C=O) groups excluding carboxylic acids is 3. The van der Waals surface area contributed by atoms with Crippen LogP contribution in [0.15, 0.2) is 53.6 Å². The molecule has 11 heteroatoms. The minimum atomic E-state index is -4.79. The molecule has 2 aromatic rings. The number of methoxy groups -OCH3 is 1. The van der Waals surface area contributed by atoms with Gasteiger partial charge >= 0.3 is 6.18 Å². The number of ether oxygens (including phenoxy) is 1. The number of rotatable bonds is 10. The van der Waals surface area contributed by atoms with Gasteiger partial charge in [-0.25, -0.2) is 4.90 Å². The molecule has 0 bridgehead atoms. The summed E-state index contributed by atoms with van der Waals surface area (Å²) in [6.07, 6.45) is -1.04. The highest BCUT2D eigenvalue weighted by Crippen LogP contribution is 2.37. The number of halogens is 3. The fourth-order valence-corrected chi connectivity index (χ4v) is 5.30. The number of hydrogen-bond donors (Lipinski definition) is 0. The predicted octanol–water partition coefficient (Wildman–Crippen LogP) is 5.18. The summed E-state index contributed by atoms with van der Waals surface area (Å²) in [6.45, 7) is 5.33. The number of imide groups is 1. The quantitative estimate of drug-likeness (QED) is 0.283. The van der Waals surface area contributed by atoms with Crippen LogP contribution in [-0.2, 0) is 15.8 Å². The lowest BCUT2D eigenvalue weighted by molar-refractivity contribution is -0.138. The van der Waals surface area contributed by atoms with Gasteiger partial charge in [0, 0.05) is 42.9 Å². The van der Waals surface area contributed by atoms with Gasteiger partial charge in [0.2, 0.25) is 0 Å². The third-order valence-electron chi connectivity index (χ3n) is 7.77. The van der Waals surface area contributed by atoms with Crippen molar-refractivity contribution >= 4 is 23.4 Å². The zero-order valence-electron chi connectivity index (χ0n) is 23.7. The summed E-state index contributed by atoms with van der Waals surface area (Å²) in [4.78, 5) is 43.5. The van der Waals surface area contributed by atoms with Gasteiger partial charge in [-0.05, 0) is 75.2 Å². The van der Waals surface area contributed by atoms with Crippen molar-refractivity contribution in [2.24, 2.45) is 0 Å². The molecule has 0 N–H and O–H groups in total. The first-order valence-electron chi connectivity index (χ1n) is 13.9. The van der Waals surface area contributed by atoms with Crippen LogP contribution in [-0.4, -0.2) is 67.4 Å². The van der Waals surface area contributed by atoms with Gasteiger partial charge in [-0.15, -0.1) is 0 Å². The van der Waals surface area contributed by atoms with E-state index in [4.69, 9.17) is 10.00 Å². The van der Waals surface area contributed by atoms with Crippen LogP contribution in [0.1, 0.15) is 60.5 Å². The number of carbonyl (C=O) groups is 3. The van der Waals surface area contributed by atoms with E-state index in [9.17, 15) is 27.6 Å². The molecule has 0 saturated carbocycles. The third kappa shape index (κ3) is 6.82. The number of amides is 3. The maximum atomic E-state index is 13.4. The monoisotopic (exact) mass is 582 g/mol. The Bertz CT molecular complexity index is 1400. The van der Waals surface area contributed by atoms with Crippen molar-refractivity contribution in [1.29, 1.82) is 5.26 Å². The Balaban J connectivity index is 1.20. The second kappa shape index (κ2) is 13.2. The van der Waals surface area contributed by atoms with E-state index < -0.39 is 29.1 Å². The largest absolute Gasteiger partial charge is 0.497 e. The summed E-state index contributed by atoms with van der Waals surface area (Å²) in [5.41, 5.74) is -0.756. The molecule has 0 atom stereocenters. The van der Waals surface area contributed by atoms with Gasteiger partial charge in [0.1, 0.15) is 5.75 Å². The maximum Gasteiger partial charge on any atom is 0.417 e. The Labute approximate surface area is 242 Å². The molecule has 4 rings (SSSR count). The molecule has 8 nitrogen and oxygen atoms in total. The second-order valence-electron chi connectivity index (χ2n) is 10.4. The number of benzene rings is 2. The predicted molar refractivity (Wildman–Crippen MR) is 150 cm³/mol. The maximum absolute atomic E-state index is 13.4. The van der Waals surface area contributed by atoms with Gasteiger partial charge in [0.25, 0.3) is 17.7 Å². The first kappa shape index (κ1) is 30.8. The summed E-state index contributed by atoms with van der Waals surface area (Å²) < 4.78 is 45.3. The first-order valence-corrected chi connectivity index (χ1v) is 13.9. The molecule has 1 saturated heterocycles. The lowest BCUT2D eigenvalue weighted by Gasteiger charge is -2.34. The van der Waals surface area contributed by atoms with Crippen molar-refractivity contribution < 1.29 is 32.3 Å². The zero-order chi connectivity index (χ0) is 30.4. The molecule has 0 radical (unpaired) electrons. The van der Waals surface area contributed by atoms with E-state index >= 15 is 0 Å². The Hall–Kier alpha value is -4.17. The number of hydrogen-bond acceptors (Lipinski definition) is 6. The minimum absolute atomic E-state index is 0.0142. The van der Waals surface area contributed by atoms with E-state index in [1.807, 2.05) is 4.90 Å². The highest BCUT2D eigenvalue weighted by molar-refractivity contribution is 6.32. The summed E-state index contributed by atoms with van der Waals surface area (Å²) >= 11 is 0. The van der Waals surface area contributed by atoms with Crippen LogP contribution in [0.5, 0.6) is 5.75 Å². The number of anilines is 1. The van der Waals surface area contributed by atoms with Gasteiger partial charge in [-0.2, -0.15) is 18.4 Å². The SMILES string of the molecule is COc1ccc(C(=O)N2CCN(CCCCCCC3=C(C)C(=O)N(c4ccc(C#N)c(C(F)(F)F)c4)C3=O)CC2)cc1. The number of piperazine rings is 1. The van der Waals surface area contributed by atoms with Gasteiger partial charge in [0.15, 0.2) is 0 Å². The van der Waals surface area contributed by atoms with Crippen LogP contribution < -0.4 is 9.64 Å². The smallest absolute Gasteiger partial charge is 0.417 e. The van der Waals surface area contributed by atoms with Crippen molar-refractivity contribution in [3.05, 3.63) is 70.3 Å². The van der Waals surface area contributed by atoms with Crippen molar-refractivity contribution in [3.8, 4) is 11.8 Å². The molecule has 42 heavy (non-hydrogen) atoms. The van der Waals surface area contributed by atoms with E-state index in [-0.39, 0.29) is 17.2 Å². The summed E-state index contributed by atoms with van der Waals surface area (Å²) in [5.74, 6) is -0.533. The molecule has 0 aromatic heterocycles. The Kier molecular flexibility index (Phi) is 9.68. The molecule has 2 aliphatic rings. The molecule has 0 spiro atoms. The van der Waals surface area contributed by atoms with Gasteiger partial charge in [-0.3, -0.25) is 19.3 Å². The Morgan fingerprint density at radius 2 is 1.62 bits per heavy atom. The van der Waals surface area contributed by atoms with Crippen LogP contribution in [0.4, 0.5) is 18.9 Å². The highest BCUT2D eigenvalue weighted by Gasteiger charge is 2.39. The van der Waals surface area contributed by atoms with E-state index in [2.05, 4.69) is 4.90 Å². The zero-order valence-corrected chi connectivity index (χ0v) is 23.7. The topological polar surface area (TPSA) is 93.9 Å². The van der Waals surface area contributed by atoms with E-state index in [0.29, 0.717) is 48.9 Å². The van der Waals surface area contributed by atoms with Crippen LogP contribution in [0.2, 0.25) is 0 Å². The number of nitrogens with zero attached hydrogens (tertiary/aromatic N) is 4. The minimum Gasteiger partial charge on any atom is -0.497 e. The van der Waals surface area contributed by atoms with Gasteiger partial charge in [-0.1, -0.05) is 12.8 Å².